The average Bonchev–Trinajstić information content (AvgIpc) is 3.01. The van der Waals surface area contributed by atoms with Gasteiger partial charge in [0.15, 0.2) is 0 Å². The van der Waals surface area contributed by atoms with Gasteiger partial charge in [-0.25, -0.2) is 11.0 Å². The van der Waals surface area contributed by atoms with E-state index in [9.17, 15) is 9.59 Å². The highest BCUT2D eigenvalue weighted by atomic mass is 16.5. The van der Waals surface area contributed by atoms with Crippen LogP contribution >= 0.6 is 0 Å². The molecule has 1 amide bonds. The van der Waals surface area contributed by atoms with Crippen LogP contribution in [0.1, 0.15) is 30.0 Å². The molecule has 0 aliphatic rings. The lowest BCUT2D eigenvalue weighted by molar-refractivity contribution is -0.149. The van der Waals surface area contributed by atoms with Gasteiger partial charge in [0.25, 0.3) is 5.91 Å². The summed E-state index contributed by atoms with van der Waals surface area (Å²) in [5.74, 6) is 4.35. The third-order valence-electron chi connectivity index (χ3n) is 6.80. The second-order valence-corrected chi connectivity index (χ2v) is 10.2. The van der Waals surface area contributed by atoms with E-state index in [0.717, 1.165) is 32.9 Å². The van der Waals surface area contributed by atoms with E-state index < -0.39 is 17.9 Å². The van der Waals surface area contributed by atoms with Gasteiger partial charge in [0, 0.05) is 6.04 Å². The molecule has 0 radical (unpaired) electrons. The molecule has 4 aromatic carbocycles. The van der Waals surface area contributed by atoms with Crippen LogP contribution in [0.2, 0.25) is 0 Å². The first-order valence-electron chi connectivity index (χ1n) is 13.9. The molecule has 4 rings (SSSR count). The number of benzene rings is 4. The van der Waals surface area contributed by atoms with Crippen LogP contribution in [-0.4, -0.2) is 28.9 Å². The molecule has 0 aromatic heterocycles. The fourth-order valence-corrected chi connectivity index (χ4v) is 4.58. The number of rotatable bonds is 12. The Bertz CT molecular complexity index is 1450. The van der Waals surface area contributed by atoms with Crippen LogP contribution in [0.3, 0.4) is 0 Å². The minimum absolute atomic E-state index is 0.190. The smallest absolute Gasteiger partial charge is 0.309 e. The molecule has 0 fully saturated rings. The van der Waals surface area contributed by atoms with Gasteiger partial charge in [0.05, 0.1) is 12.5 Å². The number of amides is 1. The van der Waals surface area contributed by atoms with Crippen LogP contribution in [0.25, 0.3) is 11.1 Å². The zero-order valence-corrected chi connectivity index (χ0v) is 23.7. The summed E-state index contributed by atoms with van der Waals surface area (Å²) < 4.78 is 5.54. The number of esters is 1. The topological polar surface area (TPSA) is 123 Å². The van der Waals surface area contributed by atoms with Crippen molar-refractivity contribution in [2.75, 3.05) is 0 Å². The molecule has 0 aliphatic heterocycles. The van der Waals surface area contributed by atoms with Crippen molar-refractivity contribution in [1.29, 1.82) is 0 Å². The second kappa shape index (κ2) is 15.2. The highest BCUT2D eigenvalue weighted by Gasteiger charge is 2.23. The molecule has 5 N–H and O–H groups in total. The highest BCUT2D eigenvalue weighted by molar-refractivity contribution is 6.37. The van der Waals surface area contributed by atoms with E-state index in [1.165, 1.54) is 0 Å². The van der Waals surface area contributed by atoms with Crippen LogP contribution in [0.5, 0.6) is 0 Å². The Kier molecular flexibility index (Phi) is 10.8. The number of nitrogens with zero attached hydrogens (tertiary/aromatic N) is 2. The molecule has 8 nitrogen and oxygen atoms in total. The summed E-state index contributed by atoms with van der Waals surface area (Å²) in [5.41, 5.74) is 11.1. The van der Waals surface area contributed by atoms with E-state index in [-0.39, 0.29) is 25.0 Å². The normalized spacial score (nSPS) is 12.7. The maximum absolute atomic E-state index is 13.1. The van der Waals surface area contributed by atoms with Gasteiger partial charge in [-0.2, -0.15) is 0 Å². The van der Waals surface area contributed by atoms with Gasteiger partial charge >= 0.3 is 5.97 Å². The largest absolute Gasteiger partial charge is 0.461 e. The number of nitrogens with two attached hydrogens (primary N) is 2. The van der Waals surface area contributed by atoms with Crippen molar-refractivity contribution in [2.24, 2.45) is 22.6 Å². The number of amidine groups is 1. The molecule has 0 heterocycles. The Morgan fingerprint density at radius 3 is 1.95 bits per heavy atom. The monoisotopic (exact) mass is 563 g/mol. The molecule has 8 heteroatoms. The number of hydrogen-bond donors (Lipinski definition) is 3. The minimum atomic E-state index is -0.561. The molecule has 0 saturated heterocycles. The van der Waals surface area contributed by atoms with Crippen LogP contribution in [-0.2, 0) is 33.9 Å². The van der Waals surface area contributed by atoms with Crippen LogP contribution < -0.4 is 16.9 Å². The van der Waals surface area contributed by atoms with Gasteiger partial charge < -0.3 is 15.8 Å². The number of hydrazine groups is 1. The van der Waals surface area contributed by atoms with Crippen molar-refractivity contribution in [1.82, 2.24) is 10.4 Å². The number of hydrazone groups is 1. The highest BCUT2D eigenvalue weighted by Crippen LogP contribution is 2.21. The number of hydrogen-bond acceptors (Lipinski definition) is 6. The van der Waals surface area contributed by atoms with Gasteiger partial charge in [-0.05, 0) is 40.7 Å². The van der Waals surface area contributed by atoms with E-state index in [1.54, 1.807) is 6.92 Å². The van der Waals surface area contributed by atoms with Crippen LogP contribution in [0, 0.1) is 5.92 Å². The quantitative estimate of drug-likeness (QED) is 0.0748. The van der Waals surface area contributed by atoms with Crippen LogP contribution in [0.4, 0.5) is 0 Å². The first kappa shape index (κ1) is 30.0. The molecule has 1 unspecified atom stereocenters. The summed E-state index contributed by atoms with van der Waals surface area (Å²) in [6, 6.07) is 36.9. The summed E-state index contributed by atoms with van der Waals surface area (Å²) in [4.78, 5) is 25.9. The van der Waals surface area contributed by atoms with E-state index in [0.29, 0.717) is 12.8 Å². The Morgan fingerprint density at radius 2 is 1.33 bits per heavy atom. The minimum Gasteiger partial charge on any atom is -0.461 e. The Balaban J connectivity index is 1.43. The van der Waals surface area contributed by atoms with Crippen molar-refractivity contribution >= 4 is 17.7 Å². The van der Waals surface area contributed by atoms with E-state index in [4.69, 9.17) is 16.3 Å². The van der Waals surface area contributed by atoms with Crippen molar-refractivity contribution < 1.29 is 14.3 Å². The van der Waals surface area contributed by atoms with E-state index >= 15 is 0 Å². The molecule has 0 saturated carbocycles. The lowest BCUT2D eigenvalue weighted by Crippen LogP contribution is -2.46. The Labute approximate surface area is 247 Å². The molecule has 42 heavy (non-hydrogen) atoms. The summed E-state index contributed by atoms with van der Waals surface area (Å²) in [7, 11) is 0. The average molecular weight is 564 g/mol. The van der Waals surface area contributed by atoms with Gasteiger partial charge in [-0.1, -0.05) is 122 Å². The van der Waals surface area contributed by atoms with E-state index in [1.807, 2.05) is 103 Å². The van der Waals surface area contributed by atoms with Gasteiger partial charge in [0.2, 0.25) is 5.84 Å². The first-order chi connectivity index (χ1) is 20.4. The maximum atomic E-state index is 13.1. The van der Waals surface area contributed by atoms with E-state index in [2.05, 4.69) is 22.6 Å². The number of ether oxygens (including phenoxy) is 1. The fourth-order valence-electron chi connectivity index (χ4n) is 4.58. The molecule has 0 aliphatic carbocycles. The second-order valence-electron chi connectivity index (χ2n) is 10.2. The Hall–Kier alpha value is -4.95. The van der Waals surface area contributed by atoms with Crippen molar-refractivity contribution in [3.05, 3.63) is 132 Å². The molecule has 0 spiro atoms. The zero-order valence-electron chi connectivity index (χ0n) is 23.7. The number of nitrogens with one attached hydrogen (secondary N) is 1. The summed E-state index contributed by atoms with van der Waals surface area (Å²) in [5, 5.41) is 8.14. The summed E-state index contributed by atoms with van der Waals surface area (Å²) >= 11 is 0. The van der Waals surface area contributed by atoms with Crippen molar-refractivity contribution in [3.8, 4) is 11.1 Å². The van der Waals surface area contributed by atoms with Crippen LogP contribution in [0.15, 0.2) is 120 Å². The molecule has 216 valence electrons. The Morgan fingerprint density at radius 1 is 0.786 bits per heavy atom. The first-order valence-corrected chi connectivity index (χ1v) is 13.9. The summed E-state index contributed by atoms with van der Waals surface area (Å²) in [6.45, 7) is 2.27. The maximum Gasteiger partial charge on any atom is 0.309 e. The van der Waals surface area contributed by atoms with Gasteiger partial charge in [-0.15, -0.1) is 5.10 Å². The molecule has 2 atom stereocenters. The number of carbonyl (C=O) groups excluding carboxylic acids is 2. The third kappa shape index (κ3) is 9.31. The molecule has 4 aromatic rings. The standard InChI is InChI=1S/C34H37N5O3/c1-25(34(41)42-24-28-13-7-3-8-14-28)21-31(22-26-17-19-30(20-18-26)29-15-9-4-10-16-29)37-33(40)32(35)38-39(36)23-27-11-5-2-6-12-27/h2-20,25,31H,21-24,36H2,1H3,(H2,35,38)(H,37,40)/t25-,31?/m1/s1. The number of carbonyl (C=O) groups is 2. The third-order valence-corrected chi connectivity index (χ3v) is 6.80. The van der Waals surface area contributed by atoms with Crippen molar-refractivity contribution in [3.63, 3.8) is 0 Å². The lowest BCUT2D eigenvalue weighted by Gasteiger charge is -2.22. The van der Waals surface area contributed by atoms with Crippen molar-refractivity contribution in [2.45, 2.75) is 39.0 Å². The molecule has 0 bridgehead atoms. The van der Waals surface area contributed by atoms with Gasteiger partial charge in [0.1, 0.15) is 6.61 Å². The predicted octanol–water partition coefficient (Wildman–Crippen LogP) is 4.80. The lowest BCUT2D eigenvalue weighted by atomic mass is 9.95. The SMILES string of the molecule is C[C@H](CC(Cc1ccc(-c2ccccc2)cc1)NC(=O)/C(N)=N/N(N)Cc1ccccc1)C(=O)OCc1ccccc1. The summed E-state index contributed by atoms with van der Waals surface area (Å²) in [6.07, 6.45) is 0.837. The van der Waals surface area contributed by atoms with Gasteiger partial charge in [-0.3, -0.25) is 9.59 Å². The predicted molar refractivity (Wildman–Crippen MR) is 165 cm³/mol. The zero-order chi connectivity index (χ0) is 29.7. The molecular weight excluding hydrogens is 526 g/mol. The fraction of sp³-hybridized carbons (Fsp3) is 0.206. The molecular formula is C34H37N5O3.